The lowest BCUT2D eigenvalue weighted by atomic mass is 10.1. The summed E-state index contributed by atoms with van der Waals surface area (Å²) >= 11 is 3.33. The maximum Gasteiger partial charge on any atom is 0.251 e. The van der Waals surface area contributed by atoms with E-state index < -0.39 is 0 Å². The van der Waals surface area contributed by atoms with Crippen LogP contribution in [0.4, 0.5) is 0 Å². The van der Waals surface area contributed by atoms with Gasteiger partial charge in [-0.1, -0.05) is 15.9 Å². The second-order valence-electron chi connectivity index (χ2n) is 5.33. The normalized spacial score (nSPS) is 15.6. The number of carbonyl (C=O) groups excluding carboxylic acids is 2. The predicted octanol–water partition coefficient (Wildman–Crippen LogP) is 2.21. The van der Waals surface area contributed by atoms with E-state index in [1.54, 1.807) is 19.2 Å². The first-order valence-electron chi connectivity index (χ1n) is 7.44. The zero-order chi connectivity index (χ0) is 15.9. The van der Waals surface area contributed by atoms with Gasteiger partial charge in [0.05, 0.1) is 6.10 Å². The van der Waals surface area contributed by atoms with Crippen molar-refractivity contribution in [2.45, 2.75) is 25.4 Å². The van der Waals surface area contributed by atoms with Crippen molar-refractivity contribution in [3.05, 3.63) is 34.3 Å². The molecule has 0 aromatic heterocycles. The molecule has 1 aromatic rings. The number of hydrogen-bond acceptors (Lipinski definition) is 3. The monoisotopic (exact) mass is 368 g/mol. The van der Waals surface area contributed by atoms with Gasteiger partial charge < -0.3 is 15.0 Å². The van der Waals surface area contributed by atoms with Crippen molar-refractivity contribution in [1.29, 1.82) is 0 Å². The van der Waals surface area contributed by atoms with Crippen molar-refractivity contribution in [2.24, 2.45) is 0 Å². The van der Waals surface area contributed by atoms with E-state index in [1.807, 2.05) is 17.0 Å². The molecule has 0 unspecified atom stereocenters. The summed E-state index contributed by atoms with van der Waals surface area (Å²) in [7, 11) is 1.71. The third-order valence-electron chi connectivity index (χ3n) is 3.86. The lowest BCUT2D eigenvalue weighted by molar-refractivity contribution is -0.133. The SMILES string of the molecule is COC1CCN(C(=O)CCNC(=O)c2ccc(Br)cc2)CC1. The minimum absolute atomic E-state index is 0.0886. The van der Waals surface area contributed by atoms with Gasteiger partial charge in [-0.05, 0) is 37.1 Å². The van der Waals surface area contributed by atoms with E-state index in [0.29, 0.717) is 18.5 Å². The van der Waals surface area contributed by atoms with E-state index in [-0.39, 0.29) is 17.9 Å². The topological polar surface area (TPSA) is 58.6 Å². The van der Waals surface area contributed by atoms with Crippen molar-refractivity contribution in [1.82, 2.24) is 10.2 Å². The minimum Gasteiger partial charge on any atom is -0.381 e. The number of amides is 2. The molecule has 1 fully saturated rings. The number of hydrogen-bond donors (Lipinski definition) is 1. The molecule has 6 heteroatoms. The van der Waals surface area contributed by atoms with Crippen LogP contribution in [0.5, 0.6) is 0 Å². The smallest absolute Gasteiger partial charge is 0.251 e. The average molecular weight is 369 g/mol. The number of piperidine rings is 1. The van der Waals surface area contributed by atoms with Gasteiger partial charge in [0.25, 0.3) is 5.91 Å². The van der Waals surface area contributed by atoms with Crippen molar-refractivity contribution in [2.75, 3.05) is 26.7 Å². The summed E-state index contributed by atoms with van der Waals surface area (Å²) in [4.78, 5) is 25.9. The van der Waals surface area contributed by atoms with Gasteiger partial charge in [-0.2, -0.15) is 0 Å². The first-order valence-corrected chi connectivity index (χ1v) is 8.24. The van der Waals surface area contributed by atoms with E-state index in [4.69, 9.17) is 4.74 Å². The van der Waals surface area contributed by atoms with Crippen molar-refractivity contribution in [3.8, 4) is 0 Å². The highest BCUT2D eigenvalue weighted by Gasteiger charge is 2.22. The molecule has 0 bridgehead atoms. The van der Waals surface area contributed by atoms with Gasteiger partial charge in [0, 0.05) is 43.2 Å². The van der Waals surface area contributed by atoms with Crippen LogP contribution >= 0.6 is 15.9 Å². The third kappa shape index (κ3) is 4.81. The fourth-order valence-electron chi connectivity index (χ4n) is 2.49. The molecule has 5 nitrogen and oxygen atoms in total. The molecule has 120 valence electrons. The lowest BCUT2D eigenvalue weighted by Gasteiger charge is -2.31. The summed E-state index contributed by atoms with van der Waals surface area (Å²) in [5.74, 6) is -0.0657. The highest BCUT2D eigenvalue weighted by atomic mass is 79.9. The molecule has 2 amide bonds. The molecule has 22 heavy (non-hydrogen) atoms. The third-order valence-corrected chi connectivity index (χ3v) is 4.39. The van der Waals surface area contributed by atoms with Crippen molar-refractivity contribution in [3.63, 3.8) is 0 Å². The molecule has 0 aliphatic carbocycles. The molecule has 1 heterocycles. The van der Waals surface area contributed by atoms with Crippen LogP contribution in [0.2, 0.25) is 0 Å². The number of halogens is 1. The van der Waals surface area contributed by atoms with Crippen LogP contribution in [0.3, 0.4) is 0 Å². The lowest BCUT2D eigenvalue weighted by Crippen LogP contribution is -2.41. The fourth-order valence-corrected chi connectivity index (χ4v) is 2.75. The van der Waals surface area contributed by atoms with Gasteiger partial charge in [-0.3, -0.25) is 9.59 Å². The van der Waals surface area contributed by atoms with Gasteiger partial charge in [0.2, 0.25) is 5.91 Å². The highest BCUT2D eigenvalue weighted by molar-refractivity contribution is 9.10. The van der Waals surface area contributed by atoms with Gasteiger partial charge in [0.1, 0.15) is 0 Å². The number of rotatable bonds is 5. The minimum atomic E-state index is -0.154. The largest absolute Gasteiger partial charge is 0.381 e. The van der Waals surface area contributed by atoms with Crippen LogP contribution in [0.25, 0.3) is 0 Å². The number of carbonyl (C=O) groups is 2. The number of ether oxygens (including phenoxy) is 1. The van der Waals surface area contributed by atoms with Gasteiger partial charge in [-0.25, -0.2) is 0 Å². The molecule has 0 saturated carbocycles. The number of nitrogens with zero attached hydrogens (tertiary/aromatic N) is 1. The molecule has 1 aliphatic rings. The molecule has 0 spiro atoms. The van der Waals surface area contributed by atoms with Crippen LogP contribution in [0, 0.1) is 0 Å². The maximum absolute atomic E-state index is 12.1. The Balaban J connectivity index is 1.71. The number of benzene rings is 1. The standard InChI is InChI=1S/C16H21BrN2O3/c1-22-14-7-10-19(11-8-14)15(20)6-9-18-16(21)12-2-4-13(17)5-3-12/h2-5,14H,6-11H2,1H3,(H,18,21). The van der Waals surface area contributed by atoms with Crippen LogP contribution < -0.4 is 5.32 Å². The van der Waals surface area contributed by atoms with Gasteiger partial charge in [-0.15, -0.1) is 0 Å². The second kappa shape index (κ2) is 8.29. The number of methoxy groups -OCH3 is 1. The molecule has 2 rings (SSSR count). The number of nitrogens with one attached hydrogen (secondary N) is 1. The summed E-state index contributed by atoms with van der Waals surface area (Å²) in [6, 6.07) is 7.13. The first-order chi connectivity index (χ1) is 10.6. The number of likely N-dealkylation sites (tertiary alicyclic amines) is 1. The van der Waals surface area contributed by atoms with Crippen LogP contribution in [0.1, 0.15) is 29.6 Å². The first kappa shape index (κ1) is 17.0. The quantitative estimate of drug-likeness (QED) is 0.866. The van der Waals surface area contributed by atoms with Crippen LogP contribution in [-0.4, -0.2) is 49.6 Å². The van der Waals surface area contributed by atoms with Crippen molar-refractivity contribution >= 4 is 27.7 Å². The summed E-state index contributed by atoms with van der Waals surface area (Å²) in [6.45, 7) is 1.83. The van der Waals surface area contributed by atoms with E-state index >= 15 is 0 Å². The Labute approximate surface area is 139 Å². The Morgan fingerprint density at radius 1 is 1.27 bits per heavy atom. The van der Waals surface area contributed by atoms with Crippen molar-refractivity contribution < 1.29 is 14.3 Å². The van der Waals surface area contributed by atoms with E-state index in [9.17, 15) is 9.59 Å². The Bertz CT molecular complexity index is 511. The Kier molecular flexibility index (Phi) is 6.39. The summed E-state index contributed by atoms with van der Waals surface area (Å²) in [5, 5.41) is 2.78. The van der Waals surface area contributed by atoms with E-state index in [2.05, 4.69) is 21.2 Å². The zero-order valence-electron chi connectivity index (χ0n) is 12.7. The maximum atomic E-state index is 12.1. The summed E-state index contributed by atoms with van der Waals surface area (Å²) in [5.41, 5.74) is 0.594. The van der Waals surface area contributed by atoms with Crippen LogP contribution in [-0.2, 0) is 9.53 Å². The molecule has 1 N–H and O–H groups in total. The highest BCUT2D eigenvalue weighted by Crippen LogP contribution is 2.13. The average Bonchev–Trinajstić information content (AvgIpc) is 2.55. The molecular weight excluding hydrogens is 348 g/mol. The molecule has 1 aliphatic heterocycles. The van der Waals surface area contributed by atoms with Crippen LogP contribution in [0.15, 0.2) is 28.7 Å². The molecule has 1 saturated heterocycles. The summed E-state index contributed by atoms with van der Waals surface area (Å²) in [6.07, 6.45) is 2.36. The molecule has 0 atom stereocenters. The molecular formula is C16H21BrN2O3. The zero-order valence-corrected chi connectivity index (χ0v) is 14.3. The summed E-state index contributed by atoms with van der Waals surface area (Å²) < 4.78 is 6.22. The Morgan fingerprint density at radius 2 is 1.91 bits per heavy atom. The Hall–Kier alpha value is -1.40. The van der Waals surface area contributed by atoms with E-state index in [0.717, 1.165) is 30.4 Å². The van der Waals surface area contributed by atoms with Gasteiger partial charge >= 0.3 is 0 Å². The molecule has 0 radical (unpaired) electrons. The fraction of sp³-hybridized carbons (Fsp3) is 0.500. The van der Waals surface area contributed by atoms with E-state index in [1.165, 1.54) is 0 Å². The predicted molar refractivity (Wildman–Crippen MR) is 87.7 cm³/mol. The second-order valence-corrected chi connectivity index (χ2v) is 6.24. The van der Waals surface area contributed by atoms with Gasteiger partial charge in [0.15, 0.2) is 0 Å². The Morgan fingerprint density at radius 3 is 2.50 bits per heavy atom. The molecule has 1 aromatic carbocycles.